The van der Waals surface area contributed by atoms with E-state index in [1.165, 1.54) is 16.7 Å². The van der Waals surface area contributed by atoms with Gasteiger partial charge in [-0.05, 0) is 53.5 Å². The van der Waals surface area contributed by atoms with Gasteiger partial charge in [-0.15, -0.1) is 0 Å². The van der Waals surface area contributed by atoms with Crippen molar-refractivity contribution >= 4 is 16.5 Å². The maximum atomic E-state index is 6.18. The highest BCUT2D eigenvalue weighted by Gasteiger charge is 2.17. The molecule has 0 N–H and O–H groups in total. The van der Waals surface area contributed by atoms with E-state index in [0.29, 0.717) is 0 Å². The maximum absolute atomic E-state index is 6.18. The van der Waals surface area contributed by atoms with E-state index in [1.807, 2.05) is 24.3 Å². The van der Waals surface area contributed by atoms with Gasteiger partial charge in [0.05, 0.1) is 14.2 Å². The Kier molecular flexibility index (Phi) is 5.70. The van der Waals surface area contributed by atoms with Gasteiger partial charge in [-0.3, -0.25) is 4.90 Å². The Morgan fingerprint density at radius 1 is 0.875 bits per heavy atom. The summed E-state index contributed by atoms with van der Waals surface area (Å²) in [5, 5.41) is 1.05. The van der Waals surface area contributed by atoms with Crippen molar-refractivity contribution in [1.29, 1.82) is 0 Å². The quantitative estimate of drug-likeness (QED) is 0.358. The minimum Gasteiger partial charge on any atom is -0.497 e. The van der Waals surface area contributed by atoms with Crippen molar-refractivity contribution in [3.8, 4) is 22.8 Å². The number of nitrogens with zero attached hydrogens (tertiary/aromatic N) is 1. The van der Waals surface area contributed by atoms with Crippen molar-refractivity contribution in [3.05, 3.63) is 90.0 Å². The Labute approximate surface area is 188 Å². The maximum Gasteiger partial charge on any atom is 0.176 e. The standard InChI is InChI=1S/C28H27NO3/c1-30-25-10-6-9-23(17-25)26-18-24-15-20(16-27(31-2)28(24)32-26)19-29-13-11-22(12-14-29)21-7-4-3-5-8-21/h3-11,15-18H,12-14,19H2,1-2H3. The molecule has 3 aromatic carbocycles. The van der Waals surface area contributed by atoms with Crippen LogP contribution in [-0.2, 0) is 6.54 Å². The SMILES string of the molecule is COc1cccc(-c2cc3cc(CN4CC=C(c5ccccc5)CC4)cc(OC)c3o2)c1. The van der Waals surface area contributed by atoms with E-state index in [4.69, 9.17) is 13.9 Å². The zero-order valence-corrected chi connectivity index (χ0v) is 18.5. The van der Waals surface area contributed by atoms with E-state index in [-0.39, 0.29) is 0 Å². The van der Waals surface area contributed by atoms with Crippen molar-refractivity contribution in [3.63, 3.8) is 0 Å². The van der Waals surface area contributed by atoms with Gasteiger partial charge in [0.15, 0.2) is 11.3 Å². The van der Waals surface area contributed by atoms with Crippen LogP contribution >= 0.6 is 0 Å². The van der Waals surface area contributed by atoms with Crippen molar-refractivity contribution < 1.29 is 13.9 Å². The molecule has 4 heteroatoms. The van der Waals surface area contributed by atoms with Gasteiger partial charge in [0.2, 0.25) is 0 Å². The molecular weight excluding hydrogens is 398 g/mol. The summed E-state index contributed by atoms with van der Waals surface area (Å²) in [6.07, 6.45) is 3.42. The number of benzene rings is 3. The Morgan fingerprint density at radius 2 is 1.72 bits per heavy atom. The summed E-state index contributed by atoms with van der Waals surface area (Å²) in [7, 11) is 3.37. The van der Waals surface area contributed by atoms with Gasteiger partial charge >= 0.3 is 0 Å². The second-order valence-corrected chi connectivity index (χ2v) is 8.14. The molecular formula is C28H27NO3. The molecule has 0 saturated heterocycles. The van der Waals surface area contributed by atoms with E-state index in [9.17, 15) is 0 Å². The molecule has 2 heterocycles. The Morgan fingerprint density at radius 3 is 2.47 bits per heavy atom. The molecule has 4 nitrogen and oxygen atoms in total. The highest BCUT2D eigenvalue weighted by Crippen LogP contribution is 2.36. The number of furan rings is 1. The third-order valence-electron chi connectivity index (χ3n) is 6.06. The number of methoxy groups -OCH3 is 2. The van der Waals surface area contributed by atoms with Crippen LogP contribution in [0, 0.1) is 0 Å². The summed E-state index contributed by atoms with van der Waals surface area (Å²) in [6.45, 7) is 2.87. The first-order chi connectivity index (χ1) is 15.7. The predicted molar refractivity (Wildman–Crippen MR) is 129 cm³/mol. The van der Waals surface area contributed by atoms with Crippen LogP contribution in [0.5, 0.6) is 11.5 Å². The molecule has 0 bridgehead atoms. The molecule has 5 rings (SSSR count). The van der Waals surface area contributed by atoms with Crippen LogP contribution in [0.2, 0.25) is 0 Å². The Balaban J connectivity index is 1.38. The molecule has 0 amide bonds. The van der Waals surface area contributed by atoms with Crippen LogP contribution in [0.15, 0.2) is 83.3 Å². The van der Waals surface area contributed by atoms with Crippen LogP contribution < -0.4 is 9.47 Å². The molecule has 1 aliphatic heterocycles. The summed E-state index contributed by atoms with van der Waals surface area (Å²) >= 11 is 0. The molecule has 0 atom stereocenters. The highest BCUT2D eigenvalue weighted by molar-refractivity contribution is 5.88. The minimum absolute atomic E-state index is 0.768. The second kappa shape index (κ2) is 8.93. The van der Waals surface area contributed by atoms with Crippen LogP contribution in [0.4, 0.5) is 0 Å². The lowest BCUT2D eigenvalue weighted by atomic mass is 9.99. The third kappa shape index (κ3) is 4.14. The lowest BCUT2D eigenvalue weighted by Gasteiger charge is -2.26. The Hall–Kier alpha value is -3.50. The summed E-state index contributed by atoms with van der Waals surface area (Å²) in [5.74, 6) is 2.38. The lowest BCUT2D eigenvalue weighted by molar-refractivity contribution is 0.293. The van der Waals surface area contributed by atoms with Gasteiger partial charge in [0.25, 0.3) is 0 Å². The number of fused-ring (bicyclic) bond motifs is 1. The molecule has 1 aliphatic rings. The molecule has 32 heavy (non-hydrogen) atoms. The smallest absolute Gasteiger partial charge is 0.176 e. The van der Waals surface area contributed by atoms with Gasteiger partial charge < -0.3 is 13.9 Å². The fourth-order valence-corrected chi connectivity index (χ4v) is 4.37. The molecule has 0 aliphatic carbocycles. The van der Waals surface area contributed by atoms with Crippen LogP contribution in [0.25, 0.3) is 27.9 Å². The largest absolute Gasteiger partial charge is 0.497 e. The zero-order valence-electron chi connectivity index (χ0n) is 18.5. The summed E-state index contributed by atoms with van der Waals surface area (Å²) < 4.78 is 17.2. The summed E-state index contributed by atoms with van der Waals surface area (Å²) in [5.41, 5.74) is 5.76. The van der Waals surface area contributed by atoms with E-state index in [0.717, 1.165) is 59.8 Å². The van der Waals surface area contributed by atoms with Crippen LogP contribution in [-0.4, -0.2) is 32.2 Å². The van der Waals surface area contributed by atoms with Crippen molar-refractivity contribution in [2.75, 3.05) is 27.3 Å². The van der Waals surface area contributed by atoms with E-state index < -0.39 is 0 Å². The zero-order chi connectivity index (χ0) is 21.9. The molecule has 1 aromatic heterocycles. The average Bonchev–Trinajstić information content (AvgIpc) is 3.29. The average molecular weight is 426 g/mol. The monoisotopic (exact) mass is 425 g/mol. The molecule has 0 unspecified atom stereocenters. The van der Waals surface area contributed by atoms with Crippen molar-refractivity contribution in [2.24, 2.45) is 0 Å². The first-order valence-corrected chi connectivity index (χ1v) is 10.9. The number of rotatable bonds is 6. The lowest BCUT2D eigenvalue weighted by Crippen LogP contribution is -2.28. The van der Waals surface area contributed by atoms with Crippen molar-refractivity contribution in [2.45, 2.75) is 13.0 Å². The third-order valence-corrected chi connectivity index (χ3v) is 6.06. The number of hydrogen-bond donors (Lipinski definition) is 0. The van der Waals surface area contributed by atoms with Crippen LogP contribution in [0.1, 0.15) is 17.5 Å². The number of ether oxygens (including phenoxy) is 2. The molecule has 0 saturated carbocycles. The van der Waals surface area contributed by atoms with Crippen molar-refractivity contribution in [1.82, 2.24) is 4.90 Å². The number of hydrogen-bond acceptors (Lipinski definition) is 4. The molecule has 4 aromatic rings. The predicted octanol–water partition coefficient (Wildman–Crippen LogP) is 6.41. The van der Waals surface area contributed by atoms with E-state index in [2.05, 4.69) is 59.5 Å². The summed E-state index contributed by atoms with van der Waals surface area (Å²) in [4.78, 5) is 2.47. The first kappa shape index (κ1) is 20.4. The molecule has 0 spiro atoms. The second-order valence-electron chi connectivity index (χ2n) is 8.14. The minimum atomic E-state index is 0.768. The first-order valence-electron chi connectivity index (χ1n) is 10.9. The Bertz CT molecular complexity index is 1260. The van der Waals surface area contributed by atoms with Gasteiger partial charge in [-0.25, -0.2) is 0 Å². The van der Waals surface area contributed by atoms with Gasteiger partial charge in [-0.2, -0.15) is 0 Å². The topological polar surface area (TPSA) is 34.8 Å². The van der Waals surface area contributed by atoms with Gasteiger partial charge in [0.1, 0.15) is 11.5 Å². The molecule has 0 fully saturated rings. The fraction of sp³-hybridized carbons (Fsp3) is 0.214. The normalized spacial score (nSPS) is 14.4. The highest BCUT2D eigenvalue weighted by atomic mass is 16.5. The fourth-order valence-electron chi connectivity index (χ4n) is 4.37. The van der Waals surface area contributed by atoms with Crippen LogP contribution in [0.3, 0.4) is 0 Å². The summed E-state index contributed by atoms with van der Waals surface area (Å²) in [6, 6.07) is 25.0. The van der Waals surface area contributed by atoms with E-state index in [1.54, 1.807) is 14.2 Å². The van der Waals surface area contributed by atoms with Gasteiger partial charge in [0, 0.05) is 30.6 Å². The van der Waals surface area contributed by atoms with E-state index >= 15 is 0 Å². The molecule has 162 valence electrons. The van der Waals surface area contributed by atoms with Gasteiger partial charge in [-0.1, -0.05) is 48.5 Å². The molecule has 0 radical (unpaired) electrons.